The van der Waals surface area contributed by atoms with E-state index < -0.39 is 0 Å². The summed E-state index contributed by atoms with van der Waals surface area (Å²) >= 11 is 0. The topological polar surface area (TPSA) is 67.6 Å². The quantitative estimate of drug-likeness (QED) is 0.665. The van der Waals surface area contributed by atoms with Gasteiger partial charge in [-0.25, -0.2) is 0 Å². The largest absolute Gasteiger partial charge is 0.375 e. The van der Waals surface area contributed by atoms with Gasteiger partial charge in [-0.3, -0.25) is 4.79 Å². The van der Waals surface area contributed by atoms with Gasteiger partial charge in [0, 0.05) is 25.7 Å². The Morgan fingerprint density at radius 3 is 2.94 bits per heavy atom. The normalized spacial score (nSPS) is 44.1. The van der Waals surface area contributed by atoms with E-state index in [0.717, 1.165) is 26.1 Å². The Kier molecular flexibility index (Phi) is 3.30. The van der Waals surface area contributed by atoms with Crippen LogP contribution in [-0.2, 0) is 9.53 Å². The third kappa shape index (κ3) is 2.04. The lowest BCUT2D eigenvalue weighted by atomic mass is 9.98. The number of carbonyl (C=O) groups excluding carboxylic acids is 1. The SMILES string of the molecule is C[C@H]1OCCN[C@@H]1C(=O)N1CC2CCC(N)C2C1. The second-order valence-corrected chi connectivity index (χ2v) is 5.92. The maximum atomic E-state index is 12.5. The summed E-state index contributed by atoms with van der Waals surface area (Å²) in [7, 11) is 0. The lowest BCUT2D eigenvalue weighted by molar-refractivity contribution is -0.138. The van der Waals surface area contributed by atoms with Crippen molar-refractivity contribution in [3.63, 3.8) is 0 Å². The van der Waals surface area contributed by atoms with Gasteiger partial charge in [0.25, 0.3) is 0 Å². The molecule has 2 heterocycles. The predicted octanol–water partition coefficient (Wildman–Crippen LogP) is -0.441. The van der Waals surface area contributed by atoms with E-state index in [0.29, 0.717) is 24.5 Å². The molecule has 0 aromatic carbocycles. The van der Waals surface area contributed by atoms with Gasteiger partial charge in [0.1, 0.15) is 6.04 Å². The van der Waals surface area contributed by atoms with Crippen LogP contribution in [0.15, 0.2) is 0 Å². The Labute approximate surface area is 108 Å². The number of morpholine rings is 1. The molecule has 2 aliphatic heterocycles. The van der Waals surface area contributed by atoms with E-state index in [1.54, 1.807) is 0 Å². The fraction of sp³-hybridized carbons (Fsp3) is 0.923. The van der Waals surface area contributed by atoms with Crippen LogP contribution in [-0.4, -0.2) is 55.2 Å². The molecule has 3 rings (SSSR count). The molecule has 5 nitrogen and oxygen atoms in total. The zero-order valence-corrected chi connectivity index (χ0v) is 11.0. The van der Waals surface area contributed by atoms with E-state index in [4.69, 9.17) is 10.5 Å². The standard InChI is InChI=1S/C13H23N3O2/c1-8-12(15-4-5-18-8)13(17)16-6-9-2-3-11(14)10(9)7-16/h8-12,15H,2-7,14H2,1H3/t8-,9?,10?,11?,12+/m1/s1. The monoisotopic (exact) mass is 253 g/mol. The second kappa shape index (κ2) is 4.79. The number of hydrogen-bond donors (Lipinski definition) is 2. The molecular formula is C13H23N3O2. The van der Waals surface area contributed by atoms with E-state index in [1.807, 2.05) is 11.8 Å². The summed E-state index contributed by atoms with van der Waals surface area (Å²) in [4.78, 5) is 14.5. The smallest absolute Gasteiger partial charge is 0.242 e. The molecule has 3 unspecified atom stereocenters. The maximum absolute atomic E-state index is 12.5. The zero-order chi connectivity index (χ0) is 12.7. The fourth-order valence-corrected chi connectivity index (χ4v) is 3.69. The number of nitrogens with zero attached hydrogens (tertiary/aromatic N) is 1. The highest BCUT2D eigenvalue weighted by molar-refractivity contribution is 5.83. The van der Waals surface area contributed by atoms with Gasteiger partial charge < -0.3 is 20.7 Å². The number of amides is 1. The van der Waals surface area contributed by atoms with Crippen molar-refractivity contribution in [2.75, 3.05) is 26.2 Å². The molecule has 18 heavy (non-hydrogen) atoms. The Morgan fingerprint density at radius 2 is 2.22 bits per heavy atom. The van der Waals surface area contributed by atoms with Crippen molar-refractivity contribution < 1.29 is 9.53 Å². The van der Waals surface area contributed by atoms with Gasteiger partial charge in [-0.05, 0) is 31.6 Å². The average Bonchev–Trinajstić information content (AvgIpc) is 2.92. The number of likely N-dealkylation sites (tertiary alicyclic amines) is 1. The predicted molar refractivity (Wildman–Crippen MR) is 68.0 cm³/mol. The summed E-state index contributed by atoms with van der Waals surface area (Å²) in [6.45, 7) is 5.16. The molecule has 5 heteroatoms. The molecule has 1 aliphatic carbocycles. The first-order valence-electron chi connectivity index (χ1n) is 7.06. The van der Waals surface area contributed by atoms with Crippen molar-refractivity contribution in [2.24, 2.45) is 17.6 Å². The Hall–Kier alpha value is -0.650. The summed E-state index contributed by atoms with van der Waals surface area (Å²) in [6, 6.07) is 0.120. The van der Waals surface area contributed by atoms with Crippen LogP contribution >= 0.6 is 0 Å². The van der Waals surface area contributed by atoms with Gasteiger partial charge in [-0.15, -0.1) is 0 Å². The number of rotatable bonds is 1. The highest BCUT2D eigenvalue weighted by Gasteiger charge is 2.44. The minimum absolute atomic E-state index is 0.0274. The first-order chi connectivity index (χ1) is 8.66. The summed E-state index contributed by atoms with van der Waals surface area (Å²) in [5.41, 5.74) is 6.11. The lowest BCUT2D eigenvalue weighted by Gasteiger charge is -2.32. The van der Waals surface area contributed by atoms with Gasteiger partial charge in [0.15, 0.2) is 0 Å². The van der Waals surface area contributed by atoms with Gasteiger partial charge >= 0.3 is 0 Å². The van der Waals surface area contributed by atoms with Crippen molar-refractivity contribution in [2.45, 2.75) is 38.0 Å². The number of nitrogens with two attached hydrogens (primary N) is 1. The number of carbonyl (C=O) groups is 1. The van der Waals surface area contributed by atoms with Crippen molar-refractivity contribution in [1.82, 2.24) is 10.2 Å². The molecule has 0 bridgehead atoms. The van der Waals surface area contributed by atoms with E-state index in [9.17, 15) is 4.79 Å². The van der Waals surface area contributed by atoms with Crippen LogP contribution in [0.2, 0.25) is 0 Å². The van der Waals surface area contributed by atoms with Crippen LogP contribution in [0.25, 0.3) is 0 Å². The van der Waals surface area contributed by atoms with Crippen molar-refractivity contribution in [3.8, 4) is 0 Å². The zero-order valence-electron chi connectivity index (χ0n) is 11.0. The van der Waals surface area contributed by atoms with Crippen molar-refractivity contribution in [3.05, 3.63) is 0 Å². The Balaban J connectivity index is 1.64. The van der Waals surface area contributed by atoms with E-state index in [-0.39, 0.29) is 18.1 Å². The molecule has 3 fully saturated rings. The van der Waals surface area contributed by atoms with Crippen LogP contribution in [0.3, 0.4) is 0 Å². The molecule has 0 aromatic rings. The van der Waals surface area contributed by atoms with E-state index in [2.05, 4.69) is 5.32 Å². The highest BCUT2D eigenvalue weighted by Crippen LogP contribution is 2.37. The van der Waals surface area contributed by atoms with Crippen LogP contribution in [0.5, 0.6) is 0 Å². The van der Waals surface area contributed by atoms with Crippen LogP contribution in [0.4, 0.5) is 0 Å². The van der Waals surface area contributed by atoms with Crippen LogP contribution in [0.1, 0.15) is 19.8 Å². The molecule has 2 saturated heterocycles. The van der Waals surface area contributed by atoms with Crippen molar-refractivity contribution >= 4 is 5.91 Å². The van der Waals surface area contributed by atoms with Crippen LogP contribution < -0.4 is 11.1 Å². The summed E-state index contributed by atoms with van der Waals surface area (Å²) in [5.74, 6) is 1.35. The Bertz CT molecular complexity index is 336. The summed E-state index contributed by atoms with van der Waals surface area (Å²) in [5, 5.41) is 3.27. The fourth-order valence-electron chi connectivity index (χ4n) is 3.69. The van der Waals surface area contributed by atoms with Gasteiger partial charge in [0.2, 0.25) is 5.91 Å². The number of hydrogen-bond acceptors (Lipinski definition) is 4. The molecule has 0 radical (unpaired) electrons. The van der Waals surface area contributed by atoms with Crippen LogP contribution in [0, 0.1) is 11.8 Å². The van der Waals surface area contributed by atoms with E-state index >= 15 is 0 Å². The molecule has 0 spiro atoms. The molecule has 0 aromatic heterocycles. The maximum Gasteiger partial charge on any atom is 0.242 e. The molecule has 102 valence electrons. The molecule has 1 amide bonds. The number of nitrogens with one attached hydrogen (secondary N) is 1. The minimum Gasteiger partial charge on any atom is -0.375 e. The van der Waals surface area contributed by atoms with Gasteiger partial charge in [0.05, 0.1) is 12.7 Å². The minimum atomic E-state index is -0.172. The molecular weight excluding hydrogens is 230 g/mol. The summed E-state index contributed by atoms with van der Waals surface area (Å²) in [6.07, 6.45) is 2.28. The average molecular weight is 253 g/mol. The van der Waals surface area contributed by atoms with E-state index in [1.165, 1.54) is 6.42 Å². The Morgan fingerprint density at radius 1 is 1.39 bits per heavy atom. The van der Waals surface area contributed by atoms with Gasteiger partial charge in [-0.1, -0.05) is 0 Å². The second-order valence-electron chi connectivity index (χ2n) is 5.92. The third-order valence-corrected chi connectivity index (χ3v) is 4.81. The lowest BCUT2D eigenvalue weighted by Crippen LogP contribution is -2.56. The molecule has 3 N–H and O–H groups in total. The first kappa shape index (κ1) is 12.4. The summed E-state index contributed by atoms with van der Waals surface area (Å²) < 4.78 is 5.55. The third-order valence-electron chi connectivity index (χ3n) is 4.81. The molecule has 5 atom stereocenters. The number of fused-ring (bicyclic) bond motifs is 1. The van der Waals surface area contributed by atoms with Gasteiger partial charge in [-0.2, -0.15) is 0 Å². The number of ether oxygens (including phenoxy) is 1. The molecule has 1 saturated carbocycles. The van der Waals surface area contributed by atoms with Crippen molar-refractivity contribution in [1.29, 1.82) is 0 Å². The molecule has 3 aliphatic rings. The first-order valence-corrected chi connectivity index (χ1v) is 7.06. The highest BCUT2D eigenvalue weighted by atomic mass is 16.5.